The Balaban J connectivity index is 2.12. The summed E-state index contributed by atoms with van der Waals surface area (Å²) in [6.45, 7) is 1.75. The van der Waals surface area contributed by atoms with Gasteiger partial charge in [0.2, 0.25) is 5.78 Å². The maximum atomic E-state index is 14.9. The minimum Gasteiger partial charge on any atom is -0.450 e. The quantitative estimate of drug-likeness (QED) is 0.602. The van der Waals surface area contributed by atoms with Gasteiger partial charge in [-0.25, -0.2) is 9.18 Å². The number of Topliss-reactive ketones (excluding diaryl/α,β-unsaturated/α-hetero) is 2. The van der Waals surface area contributed by atoms with Crippen LogP contribution in [0, 0.1) is 5.41 Å². The lowest BCUT2D eigenvalue weighted by Crippen LogP contribution is -2.51. The minimum atomic E-state index is -1.51. The van der Waals surface area contributed by atoms with Crippen LogP contribution in [0.25, 0.3) is 0 Å². The summed E-state index contributed by atoms with van der Waals surface area (Å²) in [6.07, 6.45) is 2.50. The Morgan fingerprint density at radius 2 is 1.73 bits per heavy atom. The topological polar surface area (TPSA) is 116 Å². The number of hydrogen-bond donors (Lipinski definition) is 2. The van der Waals surface area contributed by atoms with E-state index in [1.165, 1.54) is 0 Å². The average Bonchev–Trinajstić information content (AvgIpc) is 2.96. The molecule has 8 heteroatoms. The van der Waals surface area contributed by atoms with Crippen molar-refractivity contribution in [3.63, 3.8) is 0 Å². The van der Waals surface area contributed by atoms with Gasteiger partial charge in [0.05, 0.1) is 12.6 Å². The second kappa shape index (κ2) is 8.14. The van der Waals surface area contributed by atoms with E-state index in [0.29, 0.717) is 25.7 Å². The van der Waals surface area contributed by atoms with E-state index >= 15 is 0 Å². The van der Waals surface area contributed by atoms with Crippen LogP contribution in [0.5, 0.6) is 0 Å². The highest BCUT2D eigenvalue weighted by Gasteiger charge is 2.49. The molecule has 2 rings (SSSR count). The zero-order chi connectivity index (χ0) is 19.4. The molecule has 1 atom stereocenters. The van der Waals surface area contributed by atoms with Crippen LogP contribution in [-0.2, 0) is 19.1 Å². The molecule has 146 valence electrons. The highest BCUT2D eigenvalue weighted by Crippen LogP contribution is 2.46. The summed E-state index contributed by atoms with van der Waals surface area (Å²) in [4.78, 5) is 48.0. The third kappa shape index (κ3) is 4.59. The van der Waals surface area contributed by atoms with Gasteiger partial charge in [-0.2, -0.15) is 0 Å². The number of primary amides is 1. The van der Waals surface area contributed by atoms with Gasteiger partial charge in [-0.15, -0.1) is 0 Å². The largest absolute Gasteiger partial charge is 0.450 e. The molecule has 0 aromatic carbocycles. The number of carbonyl (C=O) groups excluding carboxylic acids is 4. The molecule has 2 aliphatic rings. The second-order valence-electron chi connectivity index (χ2n) is 7.45. The van der Waals surface area contributed by atoms with Gasteiger partial charge in [0, 0.05) is 18.3 Å². The third-order valence-corrected chi connectivity index (χ3v) is 5.55. The molecule has 2 fully saturated rings. The van der Waals surface area contributed by atoms with Crippen molar-refractivity contribution >= 4 is 23.6 Å². The summed E-state index contributed by atoms with van der Waals surface area (Å²) in [5.74, 6) is -2.29. The van der Waals surface area contributed by atoms with Crippen molar-refractivity contribution in [2.24, 2.45) is 11.1 Å². The van der Waals surface area contributed by atoms with Crippen molar-refractivity contribution in [3.8, 4) is 0 Å². The molecule has 0 heterocycles. The lowest BCUT2D eigenvalue weighted by Gasteiger charge is -2.39. The Labute approximate surface area is 152 Å². The van der Waals surface area contributed by atoms with Gasteiger partial charge in [-0.05, 0) is 32.6 Å². The molecule has 0 aromatic heterocycles. The van der Waals surface area contributed by atoms with Crippen molar-refractivity contribution in [1.82, 2.24) is 5.32 Å². The summed E-state index contributed by atoms with van der Waals surface area (Å²) in [5, 5.41) is 2.43. The fourth-order valence-corrected chi connectivity index (χ4v) is 3.94. The van der Waals surface area contributed by atoms with Crippen molar-refractivity contribution in [1.29, 1.82) is 0 Å². The molecule has 2 aliphatic carbocycles. The van der Waals surface area contributed by atoms with Crippen LogP contribution in [0.1, 0.15) is 64.7 Å². The van der Waals surface area contributed by atoms with E-state index < -0.39 is 40.7 Å². The first-order valence-electron chi connectivity index (χ1n) is 9.20. The third-order valence-electron chi connectivity index (χ3n) is 5.55. The molecule has 0 aromatic rings. The fourth-order valence-electron chi connectivity index (χ4n) is 3.94. The molecule has 2 amide bonds. The lowest BCUT2D eigenvalue weighted by atomic mass is 9.62. The normalized spacial score (nSPS) is 21.3. The second-order valence-corrected chi connectivity index (χ2v) is 7.45. The van der Waals surface area contributed by atoms with Crippen LogP contribution < -0.4 is 11.1 Å². The predicted molar refractivity (Wildman–Crippen MR) is 91.0 cm³/mol. The van der Waals surface area contributed by atoms with Crippen LogP contribution >= 0.6 is 0 Å². The van der Waals surface area contributed by atoms with Crippen LogP contribution in [0.4, 0.5) is 9.18 Å². The number of nitrogens with two attached hydrogens (primary N) is 1. The Kier molecular flexibility index (Phi) is 6.36. The summed E-state index contributed by atoms with van der Waals surface area (Å²) in [6, 6.07) is -1.09. The van der Waals surface area contributed by atoms with Crippen molar-refractivity contribution in [2.75, 3.05) is 6.61 Å². The Morgan fingerprint density at radius 3 is 2.19 bits per heavy atom. The van der Waals surface area contributed by atoms with Gasteiger partial charge in [-0.3, -0.25) is 14.4 Å². The zero-order valence-corrected chi connectivity index (χ0v) is 15.1. The van der Waals surface area contributed by atoms with Crippen LogP contribution in [0.2, 0.25) is 0 Å². The molecule has 0 bridgehead atoms. The van der Waals surface area contributed by atoms with Crippen LogP contribution in [0.3, 0.4) is 0 Å². The minimum absolute atomic E-state index is 0.123. The fraction of sp³-hybridized carbons (Fsp3) is 0.778. The number of ketones is 2. The van der Waals surface area contributed by atoms with Gasteiger partial charge in [0.25, 0.3) is 5.91 Å². The summed E-state index contributed by atoms with van der Waals surface area (Å²) >= 11 is 0. The summed E-state index contributed by atoms with van der Waals surface area (Å²) in [7, 11) is 0. The monoisotopic (exact) mass is 370 g/mol. The number of ether oxygens (including phenoxy) is 1. The van der Waals surface area contributed by atoms with E-state index in [9.17, 15) is 23.6 Å². The Morgan fingerprint density at radius 1 is 1.12 bits per heavy atom. The summed E-state index contributed by atoms with van der Waals surface area (Å²) in [5.41, 5.74) is 2.49. The van der Waals surface area contributed by atoms with E-state index in [2.05, 4.69) is 5.32 Å². The number of nitrogens with one attached hydrogen (secondary N) is 1. The molecule has 0 aliphatic heterocycles. The molecule has 7 nitrogen and oxygen atoms in total. The first-order chi connectivity index (χ1) is 12.2. The van der Waals surface area contributed by atoms with Crippen molar-refractivity contribution < 1.29 is 28.3 Å². The highest BCUT2D eigenvalue weighted by atomic mass is 19.1. The Bertz CT molecular complexity index is 582. The molecular weight excluding hydrogens is 343 g/mol. The van der Waals surface area contributed by atoms with E-state index in [4.69, 9.17) is 10.5 Å². The number of amides is 2. The number of halogens is 1. The maximum absolute atomic E-state index is 14.9. The zero-order valence-electron chi connectivity index (χ0n) is 15.1. The van der Waals surface area contributed by atoms with Crippen molar-refractivity contribution in [3.05, 3.63) is 0 Å². The smallest absolute Gasteiger partial charge is 0.407 e. The molecule has 0 radical (unpaired) electrons. The van der Waals surface area contributed by atoms with Crippen molar-refractivity contribution in [2.45, 2.75) is 76.4 Å². The number of rotatable bonds is 9. The maximum Gasteiger partial charge on any atom is 0.407 e. The molecule has 26 heavy (non-hydrogen) atoms. The van der Waals surface area contributed by atoms with Crippen LogP contribution in [-0.4, -0.2) is 41.9 Å². The molecule has 0 saturated heterocycles. The predicted octanol–water partition coefficient (Wildman–Crippen LogP) is 1.96. The van der Waals surface area contributed by atoms with Gasteiger partial charge in [-0.1, -0.05) is 19.3 Å². The molecule has 2 saturated carbocycles. The highest BCUT2D eigenvalue weighted by molar-refractivity contribution is 6.38. The van der Waals surface area contributed by atoms with E-state index in [0.717, 1.165) is 19.3 Å². The molecule has 0 unspecified atom stereocenters. The van der Waals surface area contributed by atoms with Gasteiger partial charge in [0.1, 0.15) is 5.67 Å². The van der Waals surface area contributed by atoms with Gasteiger partial charge >= 0.3 is 6.09 Å². The lowest BCUT2D eigenvalue weighted by molar-refractivity contribution is -0.148. The number of carbonyl (C=O) groups is 4. The van der Waals surface area contributed by atoms with Gasteiger partial charge in [0.15, 0.2) is 5.78 Å². The van der Waals surface area contributed by atoms with Crippen LogP contribution in [0.15, 0.2) is 0 Å². The van der Waals surface area contributed by atoms with E-state index in [-0.39, 0.29) is 19.4 Å². The molecular formula is C18H27FN2O5. The molecule has 3 N–H and O–H groups in total. The number of hydrogen-bond acceptors (Lipinski definition) is 5. The molecule has 0 spiro atoms. The van der Waals surface area contributed by atoms with Gasteiger partial charge < -0.3 is 15.8 Å². The first-order valence-corrected chi connectivity index (χ1v) is 9.20. The standard InChI is InChI=1S/C18H27FN2O5/c1-2-26-16(25)21-12(10-18(19)8-3-4-9-18)13(22)11-17(6-5-7-17)14(23)15(20)24/h12H,2-11H2,1H3,(H2,20,24)(H,21,25)/t12-/m0/s1. The average molecular weight is 370 g/mol. The summed E-state index contributed by atoms with van der Waals surface area (Å²) < 4.78 is 19.7. The first kappa shape index (κ1) is 20.3. The SMILES string of the molecule is CCOC(=O)N[C@@H](CC1(F)CCCC1)C(=O)CC1(C(=O)C(N)=O)CCC1. The van der Waals surface area contributed by atoms with E-state index in [1.807, 2.05) is 0 Å². The van der Waals surface area contributed by atoms with E-state index in [1.54, 1.807) is 6.92 Å². The number of alkyl carbamates (subject to hydrolysis) is 1. The number of alkyl halides is 1. The Hall–Kier alpha value is -1.99.